The summed E-state index contributed by atoms with van der Waals surface area (Å²) in [5, 5.41) is 13.6. The van der Waals surface area contributed by atoms with Crippen molar-refractivity contribution in [3.63, 3.8) is 0 Å². The van der Waals surface area contributed by atoms with Crippen LogP contribution in [0.15, 0.2) is 24.4 Å². The minimum absolute atomic E-state index is 0.0221. The van der Waals surface area contributed by atoms with Crippen molar-refractivity contribution in [3.8, 4) is 5.75 Å². The Labute approximate surface area is 136 Å². The van der Waals surface area contributed by atoms with Gasteiger partial charge in [-0.2, -0.15) is 15.4 Å². The normalized spacial score (nSPS) is 27.7. The van der Waals surface area contributed by atoms with Crippen molar-refractivity contribution in [1.29, 1.82) is 0 Å². The molecule has 23 heavy (non-hydrogen) atoms. The minimum Gasteiger partial charge on any atom is -0.484 e. The van der Waals surface area contributed by atoms with Gasteiger partial charge in [0.25, 0.3) is 5.91 Å². The van der Waals surface area contributed by atoms with Gasteiger partial charge in [-0.25, -0.2) is 4.39 Å². The summed E-state index contributed by atoms with van der Waals surface area (Å²) in [6.45, 7) is -0.153. The fourth-order valence-corrected chi connectivity index (χ4v) is 3.81. The lowest BCUT2D eigenvalue weighted by molar-refractivity contribution is -0.140. The topological polar surface area (TPSA) is 79.9 Å². The van der Waals surface area contributed by atoms with Gasteiger partial charge in [-0.15, -0.1) is 0 Å². The van der Waals surface area contributed by atoms with E-state index >= 15 is 0 Å². The highest BCUT2D eigenvalue weighted by Gasteiger charge is 2.70. The lowest BCUT2D eigenvalue weighted by Crippen LogP contribution is -2.77. The monoisotopic (exact) mass is 336 g/mol. The number of hydrogen-bond acceptors (Lipinski definition) is 4. The fourth-order valence-electron chi connectivity index (χ4n) is 3.70. The summed E-state index contributed by atoms with van der Waals surface area (Å²) in [7, 11) is 0. The molecule has 3 aliphatic carbocycles. The minimum atomic E-state index is -0.571. The number of H-pyrrole nitrogens is 1. The van der Waals surface area contributed by atoms with Gasteiger partial charge in [0.2, 0.25) is 0 Å². The molecular formula is C15H14ClFN4O2. The number of rotatable bonds is 5. The summed E-state index contributed by atoms with van der Waals surface area (Å²) in [6, 6.07) is 4.09. The number of carbonyl (C=O) groups is 1. The first-order valence-electron chi connectivity index (χ1n) is 7.26. The highest BCUT2D eigenvalue weighted by Crippen LogP contribution is 2.67. The third-order valence-electron chi connectivity index (χ3n) is 4.65. The van der Waals surface area contributed by atoms with Gasteiger partial charge in [0.1, 0.15) is 11.6 Å². The van der Waals surface area contributed by atoms with Crippen LogP contribution in [0.1, 0.15) is 25.0 Å². The molecule has 0 saturated heterocycles. The molecule has 3 fully saturated rings. The van der Waals surface area contributed by atoms with Crippen molar-refractivity contribution in [2.45, 2.75) is 30.2 Å². The molecule has 2 aromatic rings. The van der Waals surface area contributed by atoms with Crippen molar-refractivity contribution < 1.29 is 13.9 Å². The Morgan fingerprint density at radius 2 is 2.22 bits per heavy atom. The van der Waals surface area contributed by atoms with Crippen LogP contribution in [0, 0.1) is 5.82 Å². The number of carbonyl (C=O) groups excluding carboxylic acids is 1. The second-order valence-corrected chi connectivity index (χ2v) is 6.77. The van der Waals surface area contributed by atoms with Gasteiger partial charge in [-0.3, -0.25) is 4.79 Å². The average Bonchev–Trinajstić information content (AvgIpc) is 2.96. The van der Waals surface area contributed by atoms with E-state index in [4.69, 9.17) is 16.3 Å². The van der Waals surface area contributed by atoms with Crippen molar-refractivity contribution >= 4 is 17.5 Å². The van der Waals surface area contributed by atoms with Gasteiger partial charge in [0.15, 0.2) is 6.61 Å². The SMILES string of the molecule is O=C(COc1ccc(Cl)c(F)c1)NC12CC(c3cn[nH]n3)(C1)C2. The summed E-state index contributed by atoms with van der Waals surface area (Å²) in [4.78, 5) is 12.0. The van der Waals surface area contributed by atoms with Gasteiger partial charge in [-0.05, 0) is 31.4 Å². The van der Waals surface area contributed by atoms with E-state index in [1.54, 1.807) is 6.20 Å². The van der Waals surface area contributed by atoms with Crippen LogP contribution in [0.2, 0.25) is 5.02 Å². The molecule has 2 bridgehead atoms. The predicted octanol–water partition coefficient (Wildman–Crippen LogP) is 1.97. The maximum atomic E-state index is 13.3. The molecule has 1 aromatic carbocycles. The number of amides is 1. The molecule has 1 aromatic heterocycles. The molecule has 6 nitrogen and oxygen atoms in total. The highest BCUT2D eigenvalue weighted by molar-refractivity contribution is 6.30. The van der Waals surface area contributed by atoms with E-state index in [2.05, 4.69) is 20.7 Å². The smallest absolute Gasteiger partial charge is 0.258 e. The third-order valence-corrected chi connectivity index (χ3v) is 4.96. The van der Waals surface area contributed by atoms with Crippen LogP contribution in [-0.4, -0.2) is 33.5 Å². The van der Waals surface area contributed by atoms with Gasteiger partial charge in [0.05, 0.1) is 16.9 Å². The predicted molar refractivity (Wildman–Crippen MR) is 79.7 cm³/mol. The number of halogens is 2. The van der Waals surface area contributed by atoms with Crippen molar-refractivity contribution in [1.82, 2.24) is 20.7 Å². The lowest BCUT2D eigenvalue weighted by Gasteiger charge is -2.69. The van der Waals surface area contributed by atoms with E-state index in [0.29, 0.717) is 0 Å². The molecule has 5 rings (SSSR count). The lowest BCUT2D eigenvalue weighted by atomic mass is 9.38. The first-order chi connectivity index (χ1) is 11.0. The second-order valence-electron chi connectivity index (χ2n) is 6.36. The molecule has 3 saturated carbocycles. The zero-order valence-electron chi connectivity index (χ0n) is 12.1. The molecule has 0 radical (unpaired) electrons. The van der Waals surface area contributed by atoms with E-state index in [1.165, 1.54) is 12.1 Å². The molecule has 3 aliphatic rings. The van der Waals surface area contributed by atoms with Crippen LogP contribution in [0.25, 0.3) is 0 Å². The molecule has 0 unspecified atom stereocenters. The van der Waals surface area contributed by atoms with Gasteiger partial charge in [-0.1, -0.05) is 11.6 Å². The first-order valence-corrected chi connectivity index (χ1v) is 7.63. The Bertz CT molecular complexity index is 745. The maximum Gasteiger partial charge on any atom is 0.258 e. The van der Waals surface area contributed by atoms with Crippen molar-refractivity contribution in [2.75, 3.05) is 6.61 Å². The van der Waals surface area contributed by atoms with Crippen LogP contribution in [-0.2, 0) is 10.2 Å². The summed E-state index contributed by atoms with van der Waals surface area (Å²) >= 11 is 5.60. The number of hydrogen-bond donors (Lipinski definition) is 2. The molecular weight excluding hydrogens is 323 g/mol. The number of aromatic amines is 1. The van der Waals surface area contributed by atoms with E-state index in [0.717, 1.165) is 31.0 Å². The van der Waals surface area contributed by atoms with Crippen LogP contribution < -0.4 is 10.1 Å². The molecule has 0 atom stereocenters. The standard InChI is InChI=1S/C15H14ClFN4O2/c16-10-2-1-9(3-11(10)17)23-5-13(22)19-15-6-14(7-15,8-15)12-4-18-21-20-12/h1-4H,5-8H2,(H,19,22)(H,18,20,21). The first kappa shape index (κ1) is 14.4. The molecule has 0 spiro atoms. The Kier molecular flexibility index (Phi) is 3.09. The number of nitrogens with zero attached hydrogens (tertiary/aromatic N) is 2. The molecule has 8 heteroatoms. The van der Waals surface area contributed by atoms with E-state index in [9.17, 15) is 9.18 Å². The summed E-state index contributed by atoms with van der Waals surface area (Å²) in [5.41, 5.74) is 0.881. The Balaban J connectivity index is 1.28. The van der Waals surface area contributed by atoms with Gasteiger partial charge < -0.3 is 10.1 Å². The summed E-state index contributed by atoms with van der Waals surface area (Å²) < 4.78 is 18.6. The molecule has 120 valence electrons. The fraction of sp³-hybridized carbons (Fsp3) is 0.400. The van der Waals surface area contributed by atoms with Crippen LogP contribution in [0.5, 0.6) is 5.75 Å². The zero-order chi connectivity index (χ0) is 16.1. The van der Waals surface area contributed by atoms with Crippen LogP contribution >= 0.6 is 11.6 Å². The molecule has 0 aliphatic heterocycles. The van der Waals surface area contributed by atoms with Crippen molar-refractivity contribution in [3.05, 3.63) is 40.9 Å². The molecule has 1 heterocycles. The van der Waals surface area contributed by atoms with Gasteiger partial charge >= 0.3 is 0 Å². The third kappa shape index (κ3) is 2.35. The summed E-state index contributed by atoms with van der Waals surface area (Å²) in [6.07, 6.45) is 4.35. The Morgan fingerprint density at radius 3 is 2.87 bits per heavy atom. The van der Waals surface area contributed by atoms with Crippen molar-refractivity contribution in [2.24, 2.45) is 0 Å². The molecule has 1 amide bonds. The average molecular weight is 337 g/mol. The highest BCUT2D eigenvalue weighted by atomic mass is 35.5. The molecule has 2 N–H and O–H groups in total. The quantitative estimate of drug-likeness (QED) is 0.874. The Hall–Kier alpha value is -2.15. The van der Waals surface area contributed by atoms with E-state index in [-0.39, 0.29) is 34.2 Å². The van der Waals surface area contributed by atoms with Crippen LogP contribution in [0.3, 0.4) is 0 Å². The summed E-state index contributed by atoms with van der Waals surface area (Å²) in [5.74, 6) is -0.508. The number of benzene rings is 1. The Morgan fingerprint density at radius 1 is 1.43 bits per heavy atom. The largest absolute Gasteiger partial charge is 0.484 e. The zero-order valence-corrected chi connectivity index (χ0v) is 12.9. The number of aromatic nitrogens is 3. The van der Waals surface area contributed by atoms with E-state index in [1.807, 2.05) is 0 Å². The number of ether oxygens (including phenoxy) is 1. The van der Waals surface area contributed by atoms with Gasteiger partial charge in [0, 0.05) is 17.0 Å². The number of nitrogens with one attached hydrogen (secondary N) is 2. The second kappa shape index (κ2) is 4.92. The maximum absolute atomic E-state index is 13.3. The van der Waals surface area contributed by atoms with E-state index < -0.39 is 5.82 Å². The van der Waals surface area contributed by atoms with Crippen LogP contribution in [0.4, 0.5) is 4.39 Å².